The molecule has 1 aromatic rings. The van der Waals surface area contributed by atoms with Gasteiger partial charge in [-0.05, 0) is 37.8 Å². The lowest BCUT2D eigenvalue weighted by Crippen LogP contribution is -2.62. The van der Waals surface area contributed by atoms with E-state index in [1.54, 1.807) is 7.11 Å². The summed E-state index contributed by atoms with van der Waals surface area (Å²) < 4.78 is 38.0. The van der Waals surface area contributed by atoms with Crippen LogP contribution in [0.4, 0.5) is 0 Å². The molecule has 3 rings (SSSR count). The highest BCUT2D eigenvalue weighted by Crippen LogP contribution is 2.47. The van der Waals surface area contributed by atoms with Gasteiger partial charge >= 0.3 is 0 Å². The fourth-order valence-electron chi connectivity index (χ4n) is 4.66. The first-order valence-corrected chi connectivity index (χ1v) is 12.9. The second-order valence-corrected chi connectivity index (χ2v) is 9.24. The third-order valence-electron chi connectivity index (χ3n) is 6.56. The van der Waals surface area contributed by atoms with E-state index in [4.69, 9.17) is 28.4 Å². The summed E-state index contributed by atoms with van der Waals surface area (Å²) in [6, 6.07) is 6.26. The molecule has 0 amide bonds. The van der Waals surface area contributed by atoms with Crippen LogP contribution in [0.15, 0.2) is 18.2 Å². The van der Waals surface area contributed by atoms with E-state index in [2.05, 4.69) is 45.9 Å². The summed E-state index contributed by atoms with van der Waals surface area (Å²) in [6.45, 7) is 11.1. The maximum absolute atomic E-state index is 6.55. The highest BCUT2D eigenvalue weighted by Gasteiger charge is 2.54. The Bertz CT molecular complexity index is 695. The summed E-state index contributed by atoms with van der Waals surface area (Å²) in [7, 11) is 1.76. The minimum absolute atomic E-state index is 0.124. The summed E-state index contributed by atoms with van der Waals surface area (Å²) in [5, 5.41) is 0. The van der Waals surface area contributed by atoms with E-state index < -0.39 is 6.29 Å². The molecule has 0 N–H and O–H groups in total. The van der Waals surface area contributed by atoms with Gasteiger partial charge in [-0.3, -0.25) is 0 Å². The third-order valence-corrected chi connectivity index (χ3v) is 6.56. The van der Waals surface area contributed by atoms with Crippen LogP contribution >= 0.6 is 0 Å². The second-order valence-electron chi connectivity index (χ2n) is 9.24. The smallest absolute Gasteiger partial charge is 0.208 e. The van der Waals surface area contributed by atoms with Gasteiger partial charge in [0.25, 0.3) is 0 Å². The van der Waals surface area contributed by atoms with Crippen molar-refractivity contribution in [2.45, 2.75) is 96.9 Å². The third kappa shape index (κ3) is 6.70. The zero-order valence-electron chi connectivity index (χ0n) is 21.2. The molecule has 6 nitrogen and oxygen atoms in total. The molecule has 0 aromatic heterocycles. The fraction of sp³-hybridized carbons (Fsp3) is 0.778. The minimum Gasteiger partial charge on any atom is -0.464 e. The van der Waals surface area contributed by atoms with Crippen molar-refractivity contribution < 1.29 is 28.4 Å². The lowest BCUT2D eigenvalue weighted by molar-refractivity contribution is -0.303. The first-order valence-electron chi connectivity index (χ1n) is 12.9. The Hall–Kier alpha value is -1.18. The Morgan fingerprint density at radius 2 is 1.55 bits per heavy atom. The monoisotopic (exact) mass is 464 g/mol. The van der Waals surface area contributed by atoms with Gasteiger partial charge in [-0.1, -0.05) is 52.2 Å². The van der Waals surface area contributed by atoms with E-state index in [1.807, 2.05) is 0 Å². The van der Waals surface area contributed by atoms with E-state index in [9.17, 15) is 0 Å². The fourth-order valence-corrected chi connectivity index (χ4v) is 4.66. The zero-order chi connectivity index (χ0) is 23.6. The Labute approximate surface area is 200 Å². The summed E-state index contributed by atoms with van der Waals surface area (Å²) in [4.78, 5) is 0. The van der Waals surface area contributed by atoms with E-state index >= 15 is 0 Å². The van der Waals surface area contributed by atoms with Gasteiger partial charge in [0.2, 0.25) is 6.29 Å². The highest BCUT2D eigenvalue weighted by molar-refractivity contribution is 5.41. The minimum atomic E-state index is -0.471. The largest absolute Gasteiger partial charge is 0.464 e. The van der Waals surface area contributed by atoms with Crippen LogP contribution < -0.4 is 4.74 Å². The molecular weight excluding hydrogens is 420 g/mol. The van der Waals surface area contributed by atoms with Crippen LogP contribution in [-0.2, 0) is 23.7 Å². The Kier molecular flexibility index (Phi) is 10.9. The number of unbranched alkanes of at least 4 members (excludes halogenated alkanes) is 3. The number of hydrogen-bond donors (Lipinski definition) is 0. The molecule has 0 aliphatic carbocycles. The summed E-state index contributed by atoms with van der Waals surface area (Å²) in [6.07, 6.45) is 4.95. The van der Waals surface area contributed by atoms with E-state index in [1.165, 1.54) is 0 Å². The van der Waals surface area contributed by atoms with Crippen LogP contribution in [0.1, 0.15) is 76.5 Å². The second kappa shape index (κ2) is 13.6. The van der Waals surface area contributed by atoms with E-state index in [0.717, 1.165) is 62.0 Å². The first kappa shape index (κ1) is 26.4. The summed E-state index contributed by atoms with van der Waals surface area (Å²) >= 11 is 0. The molecule has 1 aromatic carbocycles. The quantitative estimate of drug-likeness (QED) is 0.334. The normalized spacial score (nSPS) is 28.8. The standard InChI is InChI=1S/C27H44O6/c1-6-9-14-29-18-22-25(30-15-10-7-2)26(31-16-11-8-3)23-24(28-5)20-13-12-19(4)17-21(20)32-27(23)33-22/h12-13,17,22-27H,6-11,14-16,18H2,1-5H3/t22-,23-,24+,25-,26-,27+/m1/s1. The average molecular weight is 465 g/mol. The molecule has 2 aliphatic heterocycles. The lowest BCUT2D eigenvalue weighted by Gasteiger charge is -2.50. The SMILES string of the molecule is CCCCOC[C@H]1O[C@@H]2Oc3cc(C)ccc3[C@H](OC)[C@@H]2[C@@H](OCCCC)[C@@H]1OCCCC. The molecule has 1 fully saturated rings. The molecule has 1 saturated heterocycles. The van der Waals surface area contributed by atoms with Gasteiger partial charge in [-0.25, -0.2) is 0 Å². The van der Waals surface area contributed by atoms with Gasteiger partial charge in [0.1, 0.15) is 18.0 Å². The van der Waals surface area contributed by atoms with Crippen LogP contribution in [-0.4, -0.2) is 58.1 Å². The van der Waals surface area contributed by atoms with Crippen molar-refractivity contribution in [2.75, 3.05) is 33.5 Å². The van der Waals surface area contributed by atoms with Gasteiger partial charge in [-0.15, -0.1) is 0 Å². The number of fused-ring (bicyclic) bond motifs is 2. The number of ether oxygens (including phenoxy) is 6. The molecule has 0 spiro atoms. The number of benzene rings is 1. The Morgan fingerprint density at radius 3 is 2.21 bits per heavy atom. The van der Waals surface area contributed by atoms with Gasteiger partial charge in [0.05, 0.1) is 24.7 Å². The van der Waals surface area contributed by atoms with E-state index in [-0.39, 0.29) is 30.3 Å². The van der Waals surface area contributed by atoms with Crippen molar-refractivity contribution in [3.8, 4) is 5.75 Å². The van der Waals surface area contributed by atoms with Crippen LogP contribution in [0.5, 0.6) is 5.75 Å². The molecule has 0 bridgehead atoms. The van der Waals surface area contributed by atoms with Crippen LogP contribution in [0, 0.1) is 12.8 Å². The van der Waals surface area contributed by atoms with Crippen molar-refractivity contribution >= 4 is 0 Å². The maximum Gasteiger partial charge on any atom is 0.208 e. The average Bonchev–Trinajstić information content (AvgIpc) is 2.81. The lowest BCUT2D eigenvalue weighted by atomic mass is 9.81. The molecule has 2 heterocycles. The zero-order valence-corrected chi connectivity index (χ0v) is 21.2. The van der Waals surface area contributed by atoms with Gasteiger partial charge in [0.15, 0.2) is 0 Å². The van der Waals surface area contributed by atoms with Gasteiger partial charge in [-0.2, -0.15) is 0 Å². The molecule has 2 aliphatic rings. The molecule has 0 saturated carbocycles. The van der Waals surface area contributed by atoms with Gasteiger partial charge in [0, 0.05) is 32.5 Å². The molecule has 0 radical (unpaired) electrons. The number of methoxy groups -OCH3 is 1. The first-order chi connectivity index (χ1) is 16.1. The molecular formula is C27H44O6. The highest BCUT2D eigenvalue weighted by atomic mass is 16.7. The van der Waals surface area contributed by atoms with Gasteiger partial charge < -0.3 is 28.4 Å². The Morgan fingerprint density at radius 1 is 0.879 bits per heavy atom. The van der Waals surface area contributed by atoms with Crippen molar-refractivity contribution in [3.05, 3.63) is 29.3 Å². The van der Waals surface area contributed by atoms with Crippen molar-refractivity contribution in [2.24, 2.45) is 5.92 Å². The molecule has 6 atom stereocenters. The number of aryl methyl sites for hydroxylation is 1. The van der Waals surface area contributed by atoms with Crippen LogP contribution in [0.2, 0.25) is 0 Å². The van der Waals surface area contributed by atoms with Crippen molar-refractivity contribution in [3.63, 3.8) is 0 Å². The van der Waals surface area contributed by atoms with Crippen LogP contribution in [0.25, 0.3) is 0 Å². The van der Waals surface area contributed by atoms with Crippen molar-refractivity contribution in [1.82, 2.24) is 0 Å². The number of rotatable bonds is 14. The molecule has 33 heavy (non-hydrogen) atoms. The number of hydrogen-bond acceptors (Lipinski definition) is 6. The summed E-state index contributed by atoms with van der Waals surface area (Å²) in [5.41, 5.74) is 2.19. The molecule has 6 heteroatoms. The maximum atomic E-state index is 6.55. The van der Waals surface area contributed by atoms with E-state index in [0.29, 0.717) is 19.8 Å². The molecule has 188 valence electrons. The topological polar surface area (TPSA) is 55.4 Å². The Balaban J connectivity index is 1.90. The molecule has 0 unspecified atom stereocenters. The van der Waals surface area contributed by atoms with Crippen molar-refractivity contribution in [1.29, 1.82) is 0 Å². The predicted molar refractivity (Wildman–Crippen MR) is 129 cm³/mol. The predicted octanol–water partition coefficient (Wildman–Crippen LogP) is 5.60. The summed E-state index contributed by atoms with van der Waals surface area (Å²) in [5.74, 6) is 0.701. The van der Waals surface area contributed by atoms with Crippen LogP contribution in [0.3, 0.4) is 0 Å².